The lowest BCUT2D eigenvalue weighted by Gasteiger charge is -2.08. The molecule has 7 N–H and O–H groups in total. The Hall–Kier alpha value is -2.36. The summed E-state index contributed by atoms with van der Waals surface area (Å²) >= 11 is 0. The number of hydrogen-bond acceptors (Lipinski definition) is 4. The lowest BCUT2D eigenvalue weighted by molar-refractivity contribution is 0.478. The average Bonchev–Trinajstić information content (AvgIpc) is 2.22. The van der Waals surface area contributed by atoms with Crippen LogP contribution in [0.25, 0.3) is 11.1 Å². The highest BCUT2D eigenvalue weighted by Gasteiger charge is 2.05. The van der Waals surface area contributed by atoms with Gasteiger partial charge in [0.2, 0.25) is 0 Å². The van der Waals surface area contributed by atoms with Crippen LogP contribution >= 0.6 is 0 Å². The van der Waals surface area contributed by atoms with Crippen LogP contribution in [-0.2, 0) is 0 Å². The van der Waals surface area contributed by atoms with Crippen LogP contribution in [0.5, 0.6) is 5.75 Å². The highest BCUT2D eigenvalue weighted by Crippen LogP contribution is 2.31. The summed E-state index contributed by atoms with van der Waals surface area (Å²) in [5, 5.41) is 9.33. The molecule has 0 aliphatic heterocycles. The van der Waals surface area contributed by atoms with E-state index in [2.05, 4.69) is 0 Å². The molecule has 0 aromatic heterocycles. The van der Waals surface area contributed by atoms with Crippen LogP contribution in [0.15, 0.2) is 36.4 Å². The fraction of sp³-hybridized carbons (Fsp3) is 0. The van der Waals surface area contributed by atoms with Gasteiger partial charge in [-0.2, -0.15) is 0 Å². The van der Waals surface area contributed by atoms with E-state index in [0.29, 0.717) is 17.1 Å². The SMILES string of the molecule is Nc1ccc(-c2ccc(O)c(N)c2)c(N)c1. The topological polar surface area (TPSA) is 98.3 Å². The van der Waals surface area contributed by atoms with E-state index in [-0.39, 0.29) is 5.75 Å². The minimum atomic E-state index is 0.0674. The molecule has 2 aromatic rings. The van der Waals surface area contributed by atoms with Gasteiger partial charge in [0.05, 0.1) is 5.69 Å². The molecular formula is C12H13N3O. The van der Waals surface area contributed by atoms with Crippen molar-refractivity contribution in [2.45, 2.75) is 0 Å². The number of phenolic OH excluding ortho intramolecular Hbond substituents is 1. The van der Waals surface area contributed by atoms with Crippen LogP contribution in [0, 0.1) is 0 Å². The van der Waals surface area contributed by atoms with Crippen LogP contribution in [0.1, 0.15) is 0 Å². The molecule has 4 heteroatoms. The molecule has 16 heavy (non-hydrogen) atoms. The smallest absolute Gasteiger partial charge is 0.138 e. The van der Waals surface area contributed by atoms with Crippen molar-refractivity contribution >= 4 is 17.1 Å². The number of nitrogens with two attached hydrogens (primary N) is 3. The van der Waals surface area contributed by atoms with Gasteiger partial charge >= 0.3 is 0 Å². The van der Waals surface area contributed by atoms with Crippen molar-refractivity contribution < 1.29 is 5.11 Å². The molecular weight excluding hydrogens is 202 g/mol. The zero-order chi connectivity index (χ0) is 11.7. The number of phenols is 1. The predicted molar refractivity (Wildman–Crippen MR) is 66.8 cm³/mol. The summed E-state index contributed by atoms with van der Waals surface area (Å²) in [5.41, 5.74) is 20.3. The molecule has 0 amide bonds. The summed E-state index contributed by atoms with van der Waals surface area (Å²) in [6, 6.07) is 10.3. The largest absolute Gasteiger partial charge is 0.506 e. The number of hydrogen-bond donors (Lipinski definition) is 4. The Morgan fingerprint density at radius 3 is 2.19 bits per heavy atom. The first kappa shape index (κ1) is 10.2. The van der Waals surface area contributed by atoms with Gasteiger partial charge in [-0.1, -0.05) is 12.1 Å². The van der Waals surface area contributed by atoms with Gasteiger partial charge in [-0.3, -0.25) is 0 Å². The van der Waals surface area contributed by atoms with Crippen molar-refractivity contribution in [2.75, 3.05) is 17.2 Å². The first-order valence-electron chi connectivity index (χ1n) is 4.82. The zero-order valence-electron chi connectivity index (χ0n) is 8.64. The fourth-order valence-corrected chi connectivity index (χ4v) is 1.57. The normalized spacial score (nSPS) is 10.2. The molecule has 82 valence electrons. The maximum absolute atomic E-state index is 9.33. The second-order valence-electron chi connectivity index (χ2n) is 3.62. The maximum atomic E-state index is 9.33. The molecule has 0 bridgehead atoms. The Labute approximate surface area is 93.3 Å². The lowest BCUT2D eigenvalue weighted by Crippen LogP contribution is -1.94. The summed E-state index contributed by atoms with van der Waals surface area (Å²) in [7, 11) is 0. The van der Waals surface area contributed by atoms with E-state index in [1.165, 1.54) is 0 Å². The van der Waals surface area contributed by atoms with E-state index in [1.807, 2.05) is 6.07 Å². The van der Waals surface area contributed by atoms with E-state index in [1.54, 1.807) is 30.3 Å². The Morgan fingerprint density at radius 1 is 0.812 bits per heavy atom. The van der Waals surface area contributed by atoms with Crippen molar-refractivity contribution in [3.8, 4) is 16.9 Å². The molecule has 4 nitrogen and oxygen atoms in total. The number of rotatable bonds is 1. The molecule has 2 rings (SSSR count). The van der Waals surface area contributed by atoms with Crippen LogP contribution in [0.2, 0.25) is 0 Å². The summed E-state index contributed by atoms with van der Waals surface area (Å²) in [5.74, 6) is 0.0674. The lowest BCUT2D eigenvalue weighted by atomic mass is 10.0. The Kier molecular flexibility index (Phi) is 2.32. The summed E-state index contributed by atoms with van der Waals surface area (Å²) in [6.07, 6.45) is 0. The number of benzene rings is 2. The Balaban J connectivity index is 2.54. The molecule has 0 saturated heterocycles. The third kappa shape index (κ3) is 1.72. The van der Waals surface area contributed by atoms with E-state index < -0.39 is 0 Å². The Morgan fingerprint density at radius 2 is 1.56 bits per heavy atom. The molecule has 0 fully saturated rings. The van der Waals surface area contributed by atoms with Gasteiger partial charge < -0.3 is 22.3 Å². The summed E-state index contributed by atoms with van der Waals surface area (Å²) in [4.78, 5) is 0. The standard InChI is InChI=1S/C12H13N3O/c13-8-2-3-9(10(14)6-8)7-1-4-12(16)11(15)5-7/h1-6,16H,13-15H2. The van der Waals surface area contributed by atoms with Gasteiger partial charge in [0.1, 0.15) is 5.75 Å². The first-order valence-corrected chi connectivity index (χ1v) is 4.82. The highest BCUT2D eigenvalue weighted by molar-refractivity contribution is 5.81. The molecule has 0 aliphatic carbocycles. The van der Waals surface area contributed by atoms with E-state index in [4.69, 9.17) is 17.2 Å². The fourth-order valence-electron chi connectivity index (χ4n) is 1.57. The quantitative estimate of drug-likeness (QED) is 0.430. The van der Waals surface area contributed by atoms with Crippen molar-refractivity contribution in [1.29, 1.82) is 0 Å². The van der Waals surface area contributed by atoms with Gasteiger partial charge in [-0.05, 0) is 29.8 Å². The molecule has 0 saturated carbocycles. The predicted octanol–water partition coefficient (Wildman–Crippen LogP) is 1.81. The molecule has 2 aromatic carbocycles. The van der Waals surface area contributed by atoms with Gasteiger partial charge in [-0.25, -0.2) is 0 Å². The van der Waals surface area contributed by atoms with Crippen molar-refractivity contribution in [2.24, 2.45) is 0 Å². The molecule has 0 unspecified atom stereocenters. The third-order valence-electron chi connectivity index (χ3n) is 2.41. The number of aromatic hydroxyl groups is 1. The highest BCUT2D eigenvalue weighted by atomic mass is 16.3. The second-order valence-corrected chi connectivity index (χ2v) is 3.62. The van der Waals surface area contributed by atoms with Crippen molar-refractivity contribution in [1.82, 2.24) is 0 Å². The van der Waals surface area contributed by atoms with E-state index >= 15 is 0 Å². The number of nitrogen functional groups attached to an aromatic ring is 3. The van der Waals surface area contributed by atoms with Gasteiger partial charge in [0, 0.05) is 16.9 Å². The van der Waals surface area contributed by atoms with Gasteiger partial charge in [-0.15, -0.1) is 0 Å². The van der Waals surface area contributed by atoms with Gasteiger partial charge in [0.15, 0.2) is 0 Å². The average molecular weight is 215 g/mol. The van der Waals surface area contributed by atoms with Gasteiger partial charge in [0.25, 0.3) is 0 Å². The van der Waals surface area contributed by atoms with E-state index in [9.17, 15) is 5.11 Å². The molecule has 0 atom stereocenters. The first-order chi connectivity index (χ1) is 7.58. The maximum Gasteiger partial charge on any atom is 0.138 e. The molecule has 0 heterocycles. The van der Waals surface area contributed by atoms with Crippen LogP contribution < -0.4 is 17.2 Å². The number of anilines is 3. The summed E-state index contributed by atoms with van der Waals surface area (Å²) in [6.45, 7) is 0. The molecule has 0 aliphatic rings. The zero-order valence-corrected chi connectivity index (χ0v) is 8.64. The molecule has 0 radical (unpaired) electrons. The van der Waals surface area contributed by atoms with E-state index in [0.717, 1.165) is 11.1 Å². The van der Waals surface area contributed by atoms with Crippen LogP contribution in [-0.4, -0.2) is 5.11 Å². The Bertz CT molecular complexity index is 538. The monoisotopic (exact) mass is 215 g/mol. The molecule has 0 spiro atoms. The second kappa shape index (κ2) is 3.66. The van der Waals surface area contributed by atoms with Crippen LogP contribution in [0.4, 0.5) is 17.1 Å². The van der Waals surface area contributed by atoms with Crippen molar-refractivity contribution in [3.05, 3.63) is 36.4 Å². The minimum Gasteiger partial charge on any atom is -0.506 e. The third-order valence-corrected chi connectivity index (χ3v) is 2.41. The summed E-state index contributed by atoms with van der Waals surface area (Å²) < 4.78 is 0. The van der Waals surface area contributed by atoms with Crippen molar-refractivity contribution in [3.63, 3.8) is 0 Å². The minimum absolute atomic E-state index is 0.0674. The van der Waals surface area contributed by atoms with Crippen LogP contribution in [0.3, 0.4) is 0 Å².